The van der Waals surface area contributed by atoms with Crippen LogP contribution in [0.1, 0.15) is 5.76 Å². The van der Waals surface area contributed by atoms with Crippen molar-refractivity contribution in [2.24, 2.45) is 0 Å². The van der Waals surface area contributed by atoms with Crippen molar-refractivity contribution in [3.63, 3.8) is 0 Å². The highest BCUT2D eigenvalue weighted by Gasteiger charge is 2.30. The highest BCUT2D eigenvalue weighted by atomic mass is 32.2. The number of nitrogens with one attached hydrogen (secondary N) is 1. The summed E-state index contributed by atoms with van der Waals surface area (Å²) in [5, 5.41) is 2.68. The second-order valence-electron chi connectivity index (χ2n) is 6.96. The van der Waals surface area contributed by atoms with Crippen LogP contribution in [-0.4, -0.2) is 47.4 Å². The molecule has 0 unspecified atom stereocenters. The largest absolute Gasteiger partial charge is 0.493 e. The van der Waals surface area contributed by atoms with Crippen LogP contribution in [0.15, 0.2) is 70.2 Å². The Morgan fingerprint density at radius 3 is 2.53 bits per heavy atom. The van der Waals surface area contributed by atoms with Gasteiger partial charge in [-0.05, 0) is 36.4 Å². The van der Waals surface area contributed by atoms with Crippen LogP contribution < -0.4 is 19.1 Å². The van der Waals surface area contributed by atoms with Crippen LogP contribution in [0.25, 0.3) is 0 Å². The fourth-order valence-electron chi connectivity index (χ4n) is 3.07. The fourth-order valence-corrected chi connectivity index (χ4v) is 5.28. The van der Waals surface area contributed by atoms with Crippen molar-refractivity contribution < 1.29 is 31.5 Å². The van der Waals surface area contributed by atoms with Crippen LogP contribution >= 0.6 is 11.8 Å². The van der Waals surface area contributed by atoms with Crippen molar-refractivity contribution >= 4 is 33.4 Å². The number of hydrogen-bond acceptors (Lipinski definition) is 7. The van der Waals surface area contributed by atoms with E-state index in [9.17, 15) is 17.6 Å². The van der Waals surface area contributed by atoms with E-state index >= 15 is 0 Å². The van der Waals surface area contributed by atoms with Gasteiger partial charge in [0.2, 0.25) is 5.91 Å². The number of amides is 1. The second kappa shape index (κ2) is 11.8. The standard InChI is InChI=1S/C23H25FN2O6S2/c1-30-21-10-9-18(14-22(21)31-2)34(28,29)26(20-8-4-3-7-19(20)24)15-23(27)25-11-13-33-16-17-6-5-12-32-17/h3-10,12,14H,11,13,15-16H2,1-2H3,(H,25,27). The van der Waals surface area contributed by atoms with Gasteiger partial charge in [0.05, 0.1) is 36.8 Å². The van der Waals surface area contributed by atoms with Gasteiger partial charge in [-0.1, -0.05) is 12.1 Å². The summed E-state index contributed by atoms with van der Waals surface area (Å²) >= 11 is 1.55. The number of carbonyl (C=O) groups is 1. The molecule has 182 valence electrons. The normalized spacial score (nSPS) is 11.1. The van der Waals surface area contributed by atoms with Gasteiger partial charge < -0.3 is 19.2 Å². The Balaban J connectivity index is 1.76. The number of carbonyl (C=O) groups excluding carboxylic acids is 1. The first-order chi connectivity index (χ1) is 16.4. The number of ether oxygens (including phenoxy) is 2. The quantitative estimate of drug-likeness (QED) is 0.373. The summed E-state index contributed by atoms with van der Waals surface area (Å²) in [4.78, 5) is 12.4. The summed E-state index contributed by atoms with van der Waals surface area (Å²) < 4.78 is 57.9. The average Bonchev–Trinajstić information content (AvgIpc) is 3.36. The van der Waals surface area contributed by atoms with Gasteiger partial charge >= 0.3 is 0 Å². The van der Waals surface area contributed by atoms with E-state index in [1.54, 1.807) is 24.1 Å². The number of para-hydroxylation sites is 1. The minimum Gasteiger partial charge on any atom is -0.493 e. The molecule has 1 N–H and O–H groups in total. The maximum atomic E-state index is 14.6. The van der Waals surface area contributed by atoms with Gasteiger partial charge in [-0.25, -0.2) is 12.8 Å². The first-order valence-electron chi connectivity index (χ1n) is 10.2. The molecule has 2 aromatic carbocycles. The fraction of sp³-hybridized carbons (Fsp3) is 0.261. The number of rotatable bonds is 12. The molecule has 0 aliphatic heterocycles. The third-order valence-corrected chi connectivity index (χ3v) is 7.48. The third kappa shape index (κ3) is 6.23. The highest BCUT2D eigenvalue weighted by Crippen LogP contribution is 2.32. The van der Waals surface area contributed by atoms with E-state index in [0.717, 1.165) is 16.1 Å². The highest BCUT2D eigenvalue weighted by molar-refractivity contribution is 7.98. The molecule has 34 heavy (non-hydrogen) atoms. The van der Waals surface area contributed by atoms with E-state index in [0.29, 0.717) is 23.8 Å². The van der Waals surface area contributed by atoms with Crippen LogP contribution in [0.4, 0.5) is 10.1 Å². The second-order valence-corrected chi connectivity index (χ2v) is 9.93. The zero-order valence-electron chi connectivity index (χ0n) is 18.7. The molecule has 0 atom stereocenters. The van der Waals surface area contributed by atoms with Crippen molar-refractivity contribution in [3.8, 4) is 11.5 Å². The molecule has 3 rings (SSSR count). The first kappa shape index (κ1) is 25.4. The summed E-state index contributed by atoms with van der Waals surface area (Å²) in [5.74, 6) is 1.26. The number of sulfonamides is 1. The number of benzene rings is 2. The molecule has 0 radical (unpaired) electrons. The molecular formula is C23H25FN2O6S2. The number of furan rings is 1. The van der Waals surface area contributed by atoms with Gasteiger partial charge in [-0.3, -0.25) is 9.10 Å². The van der Waals surface area contributed by atoms with Gasteiger partial charge in [0, 0.05) is 18.4 Å². The minimum absolute atomic E-state index is 0.171. The Kier molecular flexibility index (Phi) is 8.83. The molecule has 1 heterocycles. The van der Waals surface area contributed by atoms with Crippen LogP contribution in [0.2, 0.25) is 0 Å². The maximum Gasteiger partial charge on any atom is 0.265 e. The molecule has 3 aromatic rings. The predicted octanol–water partition coefficient (Wildman–Crippen LogP) is 3.68. The van der Waals surface area contributed by atoms with Crippen molar-refractivity contribution in [2.75, 3.05) is 37.4 Å². The molecule has 0 fully saturated rings. The van der Waals surface area contributed by atoms with Gasteiger partial charge in [0.1, 0.15) is 18.1 Å². The Hall–Kier alpha value is -3.18. The summed E-state index contributed by atoms with van der Waals surface area (Å²) in [7, 11) is -1.51. The zero-order chi connectivity index (χ0) is 24.6. The predicted molar refractivity (Wildman–Crippen MR) is 128 cm³/mol. The molecule has 0 bridgehead atoms. The van der Waals surface area contributed by atoms with Crippen molar-refractivity contribution in [1.82, 2.24) is 5.32 Å². The number of methoxy groups -OCH3 is 2. The molecule has 11 heteroatoms. The van der Waals surface area contributed by atoms with Crippen molar-refractivity contribution in [1.29, 1.82) is 0 Å². The van der Waals surface area contributed by atoms with Gasteiger partial charge in [0.25, 0.3) is 10.0 Å². The maximum absolute atomic E-state index is 14.6. The minimum atomic E-state index is -4.31. The molecule has 1 aromatic heterocycles. The van der Waals surface area contributed by atoms with Crippen LogP contribution in [0.3, 0.4) is 0 Å². The van der Waals surface area contributed by atoms with Gasteiger partial charge in [-0.2, -0.15) is 11.8 Å². The lowest BCUT2D eigenvalue weighted by atomic mass is 10.3. The van der Waals surface area contributed by atoms with Gasteiger partial charge in [0.15, 0.2) is 11.5 Å². The summed E-state index contributed by atoms with van der Waals surface area (Å²) in [6.07, 6.45) is 1.59. The van der Waals surface area contributed by atoms with E-state index in [1.165, 1.54) is 50.6 Å². The molecule has 0 saturated carbocycles. The van der Waals surface area contributed by atoms with Crippen molar-refractivity contribution in [3.05, 3.63) is 72.4 Å². The lowest BCUT2D eigenvalue weighted by Crippen LogP contribution is -2.41. The number of hydrogen-bond donors (Lipinski definition) is 1. The van der Waals surface area contributed by atoms with Gasteiger partial charge in [-0.15, -0.1) is 0 Å². The van der Waals surface area contributed by atoms with Crippen LogP contribution in [0.5, 0.6) is 11.5 Å². The van der Waals surface area contributed by atoms with E-state index in [4.69, 9.17) is 13.9 Å². The van der Waals surface area contributed by atoms with E-state index in [1.807, 2.05) is 6.07 Å². The van der Waals surface area contributed by atoms with E-state index in [-0.39, 0.29) is 16.3 Å². The van der Waals surface area contributed by atoms with E-state index in [2.05, 4.69) is 5.32 Å². The Morgan fingerprint density at radius 1 is 1.09 bits per heavy atom. The Morgan fingerprint density at radius 2 is 1.85 bits per heavy atom. The molecule has 8 nitrogen and oxygen atoms in total. The Labute approximate surface area is 202 Å². The first-order valence-corrected chi connectivity index (χ1v) is 12.8. The SMILES string of the molecule is COc1ccc(S(=O)(=O)N(CC(=O)NCCSCc2ccco2)c2ccccc2F)cc1OC. The lowest BCUT2D eigenvalue weighted by Gasteiger charge is -2.25. The molecule has 1 amide bonds. The Bertz CT molecular complexity index is 1200. The average molecular weight is 509 g/mol. The third-order valence-electron chi connectivity index (χ3n) is 4.74. The summed E-state index contributed by atoms with van der Waals surface area (Å²) in [5.41, 5.74) is -0.236. The monoisotopic (exact) mass is 508 g/mol. The number of nitrogens with zero attached hydrogens (tertiary/aromatic N) is 1. The zero-order valence-corrected chi connectivity index (χ0v) is 20.3. The lowest BCUT2D eigenvalue weighted by molar-refractivity contribution is -0.119. The molecular weight excluding hydrogens is 483 g/mol. The van der Waals surface area contributed by atoms with Crippen molar-refractivity contribution in [2.45, 2.75) is 10.6 Å². The molecule has 0 aliphatic carbocycles. The van der Waals surface area contributed by atoms with E-state index < -0.39 is 28.3 Å². The van der Waals surface area contributed by atoms with Crippen LogP contribution in [0, 0.1) is 5.82 Å². The number of anilines is 1. The molecule has 0 spiro atoms. The molecule has 0 aliphatic rings. The number of thioether (sulfide) groups is 1. The topological polar surface area (TPSA) is 98.1 Å². The summed E-state index contributed by atoms with van der Waals surface area (Å²) in [6, 6.07) is 13.1. The van der Waals surface area contributed by atoms with Crippen LogP contribution in [-0.2, 0) is 20.6 Å². The summed E-state index contributed by atoms with van der Waals surface area (Å²) in [6.45, 7) is -0.286. The molecule has 0 saturated heterocycles. The smallest absolute Gasteiger partial charge is 0.265 e. The number of halogens is 1.